The highest BCUT2D eigenvalue weighted by atomic mass is 19.1. The van der Waals surface area contributed by atoms with Crippen LogP contribution in [0.25, 0.3) is 0 Å². The number of rotatable bonds is 5. The Balaban J connectivity index is 2.03. The summed E-state index contributed by atoms with van der Waals surface area (Å²) in [7, 11) is 0. The Hall–Kier alpha value is -3.35. The molecule has 10 heteroatoms. The average molecular weight is 403 g/mol. The van der Waals surface area contributed by atoms with Gasteiger partial charge in [0, 0.05) is 19.1 Å². The molecule has 2 rings (SSSR count). The Morgan fingerprint density at radius 2 is 2.07 bits per heavy atom. The SMILES string of the molecule is CC(C)(C)OC(=O)N1CCC(Nc2cccc(F)c2N/N=C(\C#N)C(=N)N)CC1. The van der Waals surface area contributed by atoms with Crippen molar-refractivity contribution in [2.75, 3.05) is 23.8 Å². The number of anilines is 2. The number of hydrazone groups is 1. The zero-order chi connectivity index (χ0) is 21.6. The first kappa shape index (κ1) is 21.9. The summed E-state index contributed by atoms with van der Waals surface area (Å²) in [6.07, 6.45) is 0.983. The molecule has 1 saturated heterocycles. The number of nitrogens with two attached hydrogens (primary N) is 1. The first-order valence-corrected chi connectivity index (χ1v) is 9.22. The van der Waals surface area contributed by atoms with Crippen LogP contribution in [-0.2, 0) is 4.74 Å². The van der Waals surface area contributed by atoms with Gasteiger partial charge in [-0.25, -0.2) is 9.18 Å². The molecule has 9 nitrogen and oxygen atoms in total. The molecule has 0 unspecified atom stereocenters. The Kier molecular flexibility index (Phi) is 6.98. The second-order valence-electron chi connectivity index (χ2n) is 7.65. The molecule has 1 fully saturated rings. The highest BCUT2D eigenvalue weighted by molar-refractivity contribution is 6.45. The number of nitrogens with one attached hydrogen (secondary N) is 3. The highest BCUT2D eigenvalue weighted by Crippen LogP contribution is 2.28. The number of halogens is 1. The maximum Gasteiger partial charge on any atom is 0.410 e. The molecular formula is C19H26FN7O2. The van der Waals surface area contributed by atoms with E-state index in [0.29, 0.717) is 31.6 Å². The minimum atomic E-state index is -0.564. The monoisotopic (exact) mass is 403 g/mol. The second kappa shape index (κ2) is 9.23. The molecule has 1 aliphatic heterocycles. The Labute approximate surface area is 169 Å². The van der Waals surface area contributed by atoms with Gasteiger partial charge in [0.25, 0.3) is 0 Å². The molecule has 0 spiro atoms. The van der Waals surface area contributed by atoms with Crippen molar-refractivity contribution in [3.8, 4) is 6.07 Å². The average Bonchev–Trinajstić information content (AvgIpc) is 2.63. The standard InChI is InChI=1S/C19H26FN7O2/c1-19(2,3)29-18(28)27-9-7-12(8-10-27)24-14-6-4-5-13(20)16(14)26-25-15(11-21)17(22)23/h4-6,12,24,26H,7-10H2,1-3H3,(H3,22,23)/b25-15+. The van der Waals surface area contributed by atoms with Crippen LogP contribution in [0.5, 0.6) is 0 Å². The summed E-state index contributed by atoms with van der Waals surface area (Å²) in [5.41, 5.74) is 7.36. The van der Waals surface area contributed by atoms with E-state index in [-0.39, 0.29) is 23.5 Å². The zero-order valence-corrected chi connectivity index (χ0v) is 16.8. The van der Waals surface area contributed by atoms with Crippen LogP contribution in [0.1, 0.15) is 33.6 Å². The summed E-state index contributed by atoms with van der Waals surface area (Å²) >= 11 is 0. The predicted molar refractivity (Wildman–Crippen MR) is 109 cm³/mol. The minimum absolute atomic E-state index is 0.0169. The molecular weight excluding hydrogens is 377 g/mol. The number of likely N-dealkylation sites (tertiary alicyclic amines) is 1. The van der Waals surface area contributed by atoms with E-state index in [2.05, 4.69) is 15.8 Å². The van der Waals surface area contributed by atoms with E-state index in [1.54, 1.807) is 23.1 Å². The topological polar surface area (TPSA) is 140 Å². The van der Waals surface area contributed by atoms with Gasteiger partial charge in [0.1, 0.15) is 23.2 Å². The van der Waals surface area contributed by atoms with Crippen molar-refractivity contribution in [1.29, 1.82) is 10.7 Å². The normalized spacial score (nSPS) is 15.4. The number of hydrogen-bond acceptors (Lipinski definition) is 7. The molecule has 29 heavy (non-hydrogen) atoms. The first-order valence-electron chi connectivity index (χ1n) is 9.22. The van der Waals surface area contributed by atoms with Gasteiger partial charge in [0.15, 0.2) is 5.84 Å². The Morgan fingerprint density at radius 3 is 2.62 bits per heavy atom. The van der Waals surface area contributed by atoms with Crippen LogP contribution in [0.2, 0.25) is 0 Å². The zero-order valence-electron chi connectivity index (χ0n) is 16.8. The van der Waals surface area contributed by atoms with Crippen LogP contribution >= 0.6 is 0 Å². The van der Waals surface area contributed by atoms with Crippen molar-refractivity contribution in [2.24, 2.45) is 10.8 Å². The van der Waals surface area contributed by atoms with Crippen molar-refractivity contribution < 1.29 is 13.9 Å². The quantitative estimate of drug-likeness (QED) is 0.339. The molecule has 0 aromatic heterocycles. The number of benzene rings is 1. The maximum absolute atomic E-state index is 14.3. The van der Waals surface area contributed by atoms with E-state index in [0.717, 1.165) is 0 Å². The van der Waals surface area contributed by atoms with Crippen molar-refractivity contribution in [3.63, 3.8) is 0 Å². The second-order valence-corrected chi connectivity index (χ2v) is 7.65. The molecule has 1 aromatic carbocycles. The van der Waals surface area contributed by atoms with E-state index >= 15 is 0 Å². The lowest BCUT2D eigenvalue weighted by molar-refractivity contribution is 0.0210. The van der Waals surface area contributed by atoms with Crippen LogP contribution in [0, 0.1) is 22.6 Å². The van der Waals surface area contributed by atoms with Gasteiger partial charge in [-0.15, -0.1) is 0 Å². The van der Waals surface area contributed by atoms with Crippen molar-refractivity contribution in [3.05, 3.63) is 24.0 Å². The van der Waals surface area contributed by atoms with Gasteiger partial charge in [0.2, 0.25) is 5.71 Å². The number of para-hydroxylation sites is 1. The fourth-order valence-corrected chi connectivity index (χ4v) is 2.77. The number of piperidine rings is 1. The lowest BCUT2D eigenvalue weighted by atomic mass is 10.0. The molecule has 0 saturated carbocycles. The van der Waals surface area contributed by atoms with Crippen LogP contribution in [-0.4, -0.2) is 47.3 Å². The van der Waals surface area contributed by atoms with Gasteiger partial charge < -0.3 is 20.7 Å². The molecule has 1 heterocycles. The van der Waals surface area contributed by atoms with E-state index in [9.17, 15) is 9.18 Å². The minimum Gasteiger partial charge on any atom is -0.444 e. The number of ether oxygens (including phenoxy) is 1. The number of amides is 1. The summed E-state index contributed by atoms with van der Waals surface area (Å²) in [4.78, 5) is 13.8. The molecule has 156 valence electrons. The lowest BCUT2D eigenvalue weighted by Crippen LogP contribution is -2.44. The van der Waals surface area contributed by atoms with Gasteiger partial charge in [-0.1, -0.05) is 6.07 Å². The van der Waals surface area contributed by atoms with Crippen molar-refractivity contribution in [2.45, 2.75) is 45.3 Å². The van der Waals surface area contributed by atoms with Crippen molar-refractivity contribution >= 4 is 29.0 Å². The summed E-state index contributed by atoms with van der Waals surface area (Å²) < 4.78 is 19.7. The van der Waals surface area contributed by atoms with Gasteiger partial charge >= 0.3 is 6.09 Å². The van der Waals surface area contributed by atoms with Gasteiger partial charge in [0.05, 0.1) is 5.69 Å². The van der Waals surface area contributed by atoms with Crippen LogP contribution in [0.4, 0.5) is 20.6 Å². The fourth-order valence-electron chi connectivity index (χ4n) is 2.77. The molecule has 1 amide bonds. The maximum atomic E-state index is 14.3. The van der Waals surface area contributed by atoms with E-state index in [1.807, 2.05) is 20.8 Å². The third-order valence-corrected chi connectivity index (χ3v) is 4.16. The molecule has 0 atom stereocenters. The largest absolute Gasteiger partial charge is 0.444 e. The molecule has 0 aliphatic carbocycles. The highest BCUT2D eigenvalue weighted by Gasteiger charge is 2.27. The lowest BCUT2D eigenvalue weighted by Gasteiger charge is -2.34. The summed E-state index contributed by atoms with van der Waals surface area (Å²) in [5, 5.41) is 23.1. The number of hydrogen-bond donors (Lipinski definition) is 4. The summed E-state index contributed by atoms with van der Waals surface area (Å²) in [6, 6.07) is 6.18. The van der Waals surface area contributed by atoms with Crippen LogP contribution < -0.4 is 16.5 Å². The number of carbonyl (C=O) groups is 1. The molecule has 1 aromatic rings. The third-order valence-electron chi connectivity index (χ3n) is 4.16. The molecule has 5 N–H and O–H groups in total. The van der Waals surface area contributed by atoms with E-state index in [1.165, 1.54) is 6.07 Å². The smallest absolute Gasteiger partial charge is 0.410 e. The first-order chi connectivity index (χ1) is 13.6. The number of nitriles is 1. The molecule has 1 aliphatic rings. The summed E-state index contributed by atoms with van der Waals surface area (Å²) in [5.74, 6) is -1.08. The number of nitrogens with zero attached hydrogens (tertiary/aromatic N) is 3. The summed E-state index contributed by atoms with van der Waals surface area (Å²) in [6.45, 7) is 6.51. The Bertz CT molecular complexity index is 834. The third kappa shape index (κ3) is 6.34. The number of amidine groups is 1. The van der Waals surface area contributed by atoms with Gasteiger partial charge in [-0.2, -0.15) is 10.4 Å². The van der Waals surface area contributed by atoms with Gasteiger partial charge in [-0.05, 0) is 45.7 Å². The van der Waals surface area contributed by atoms with E-state index < -0.39 is 17.3 Å². The predicted octanol–water partition coefficient (Wildman–Crippen LogP) is 2.86. The van der Waals surface area contributed by atoms with Crippen molar-refractivity contribution in [1.82, 2.24) is 4.90 Å². The fraction of sp³-hybridized carbons (Fsp3) is 0.474. The number of carbonyl (C=O) groups excluding carboxylic acids is 1. The molecule has 0 bridgehead atoms. The van der Waals surface area contributed by atoms with Crippen LogP contribution in [0.15, 0.2) is 23.3 Å². The van der Waals surface area contributed by atoms with Gasteiger partial charge in [-0.3, -0.25) is 10.8 Å². The Morgan fingerprint density at radius 1 is 1.41 bits per heavy atom. The van der Waals surface area contributed by atoms with Crippen LogP contribution in [0.3, 0.4) is 0 Å². The molecule has 0 radical (unpaired) electrons. The van der Waals surface area contributed by atoms with E-state index in [4.69, 9.17) is 21.1 Å².